The summed E-state index contributed by atoms with van der Waals surface area (Å²) in [6, 6.07) is 16.6. The van der Waals surface area contributed by atoms with Crippen molar-refractivity contribution < 1.29 is 4.79 Å². The van der Waals surface area contributed by atoms with E-state index in [0.29, 0.717) is 6.54 Å². The van der Waals surface area contributed by atoms with Gasteiger partial charge in [-0.2, -0.15) is 0 Å². The fourth-order valence-corrected chi connectivity index (χ4v) is 5.24. The molecule has 1 saturated heterocycles. The normalized spacial score (nSPS) is 19.9. The number of para-hydroxylation sites is 2. The smallest absolute Gasteiger partial charge is 0.326 e. The van der Waals surface area contributed by atoms with Gasteiger partial charge in [-0.05, 0) is 55.4 Å². The second-order valence-corrected chi connectivity index (χ2v) is 8.89. The van der Waals surface area contributed by atoms with Gasteiger partial charge in [0.15, 0.2) is 0 Å². The number of aryl methyl sites for hydroxylation is 1. The number of benzene rings is 2. The molecule has 2 aliphatic rings. The highest BCUT2D eigenvalue weighted by atomic mass is 16.2. The van der Waals surface area contributed by atoms with E-state index in [1.807, 2.05) is 28.8 Å². The number of H-pyrrole nitrogens is 1. The molecule has 1 aromatic heterocycles. The third-order valence-electron chi connectivity index (χ3n) is 6.99. The number of piperidine rings is 1. The molecule has 162 valence electrons. The number of aromatic amines is 1. The third kappa shape index (κ3) is 4.17. The van der Waals surface area contributed by atoms with Gasteiger partial charge in [0.1, 0.15) is 0 Å². The van der Waals surface area contributed by atoms with E-state index in [4.69, 9.17) is 0 Å². The minimum Gasteiger partial charge on any atom is -0.355 e. The molecule has 2 N–H and O–H groups in total. The molecule has 1 fully saturated rings. The second-order valence-electron chi connectivity index (χ2n) is 8.89. The Morgan fingerprint density at radius 1 is 1.00 bits per heavy atom. The van der Waals surface area contributed by atoms with Crippen molar-refractivity contribution in [3.05, 3.63) is 70.1 Å². The van der Waals surface area contributed by atoms with Crippen LogP contribution in [0.5, 0.6) is 0 Å². The number of imidazole rings is 1. The molecular formula is C25H30N4O2. The summed E-state index contributed by atoms with van der Waals surface area (Å²) >= 11 is 0. The third-order valence-corrected chi connectivity index (χ3v) is 6.99. The molecule has 2 heterocycles. The van der Waals surface area contributed by atoms with Crippen LogP contribution in [-0.2, 0) is 17.6 Å². The number of nitrogens with one attached hydrogen (secondary N) is 2. The summed E-state index contributed by atoms with van der Waals surface area (Å²) in [4.78, 5) is 30.4. The number of aromatic nitrogens is 2. The Morgan fingerprint density at radius 3 is 2.58 bits per heavy atom. The molecule has 6 heteroatoms. The van der Waals surface area contributed by atoms with Crippen molar-refractivity contribution in [1.82, 2.24) is 19.8 Å². The van der Waals surface area contributed by atoms with Crippen LogP contribution in [0.3, 0.4) is 0 Å². The van der Waals surface area contributed by atoms with Crippen LogP contribution in [-0.4, -0.2) is 46.5 Å². The van der Waals surface area contributed by atoms with Gasteiger partial charge in [-0.25, -0.2) is 4.79 Å². The maximum Gasteiger partial charge on any atom is 0.326 e. The molecule has 1 unspecified atom stereocenters. The number of rotatable bonds is 5. The van der Waals surface area contributed by atoms with Crippen LogP contribution in [0.4, 0.5) is 0 Å². The summed E-state index contributed by atoms with van der Waals surface area (Å²) in [6.45, 7) is 3.45. The first-order valence-electron chi connectivity index (χ1n) is 11.4. The van der Waals surface area contributed by atoms with Crippen LogP contribution in [0.1, 0.15) is 36.4 Å². The Balaban J connectivity index is 1.10. The summed E-state index contributed by atoms with van der Waals surface area (Å²) in [7, 11) is 0. The fraction of sp³-hybridized carbons (Fsp3) is 0.440. The molecule has 0 spiro atoms. The SMILES string of the molecule is O=C(NCCN1CCC(n2c(=O)[nH]c3ccccc32)CC1)C1CCc2ccccc2C1. The number of likely N-dealkylation sites (tertiary alicyclic amines) is 1. The van der Waals surface area contributed by atoms with Crippen LogP contribution >= 0.6 is 0 Å². The quantitative estimate of drug-likeness (QED) is 0.669. The first-order chi connectivity index (χ1) is 15.2. The van der Waals surface area contributed by atoms with E-state index in [1.165, 1.54) is 11.1 Å². The lowest BCUT2D eigenvalue weighted by atomic mass is 9.83. The van der Waals surface area contributed by atoms with E-state index in [2.05, 4.69) is 39.5 Å². The van der Waals surface area contributed by atoms with Gasteiger partial charge in [0, 0.05) is 38.1 Å². The van der Waals surface area contributed by atoms with Crippen molar-refractivity contribution in [1.29, 1.82) is 0 Å². The molecule has 1 aliphatic carbocycles. The minimum atomic E-state index is -0.0130. The number of amides is 1. The molecule has 1 atom stereocenters. The Morgan fingerprint density at radius 2 is 1.74 bits per heavy atom. The van der Waals surface area contributed by atoms with Gasteiger partial charge in [-0.15, -0.1) is 0 Å². The van der Waals surface area contributed by atoms with Gasteiger partial charge in [0.25, 0.3) is 0 Å². The highest BCUT2D eigenvalue weighted by Gasteiger charge is 2.25. The van der Waals surface area contributed by atoms with Crippen molar-refractivity contribution in [2.24, 2.45) is 5.92 Å². The first-order valence-corrected chi connectivity index (χ1v) is 11.4. The largest absolute Gasteiger partial charge is 0.355 e. The van der Waals surface area contributed by atoms with Gasteiger partial charge in [0.2, 0.25) is 5.91 Å². The van der Waals surface area contributed by atoms with Crippen molar-refractivity contribution in [3.8, 4) is 0 Å². The van der Waals surface area contributed by atoms with E-state index >= 15 is 0 Å². The zero-order valence-electron chi connectivity index (χ0n) is 17.8. The highest BCUT2D eigenvalue weighted by molar-refractivity contribution is 5.79. The first kappa shape index (κ1) is 20.1. The van der Waals surface area contributed by atoms with Gasteiger partial charge in [-0.3, -0.25) is 9.36 Å². The predicted molar refractivity (Wildman–Crippen MR) is 122 cm³/mol. The Bertz CT molecular complexity index is 1120. The lowest BCUT2D eigenvalue weighted by Gasteiger charge is -2.32. The maximum absolute atomic E-state index is 12.6. The summed E-state index contributed by atoms with van der Waals surface area (Å²) in [5.74, 6) is 0.282. The Kier molecular flexibility index (Phi) is 5.64. The van der Waals surface area contributed by atoms with Crippen molar-refractivity contribution in [3.63, 3.8) is 0 Å². The lowest BCUT2D eigenvalue weighted by molar-refractivity contribution is -0.125. The number of fused-ring (bicyclic) bond motifs is 2. The Labute approximate surface area is 182 Å². The standard InChI is InChI=1S/C25H30N4O2/c30-24(20-10-9-18-5-1-2-6-19(18)17-20)26-13-16-28-14-11-21(12-15-28)29-23-8-4-3-7-22(23)27-25(29)31/h1-8,20-21H,9-17H2,(H,26,30)(H,27,31). The molecule has 1 aliphatic heterocycles. The minimum absolute atomic E-state index is 0.0130. The molecule has 5 rings (SSSR count). The van der Waals surface area contributed by atoms with Crippen LogP contribution in [0, 0.1) is 5.92 Å². The van der Waals surface area contributed by atoms with Gasteiger partial charge in [0.05, 0.1) is 11.0 Å². The maximum atomic E-state index is 12.6. The van der Waals surface area contributed by atoms with E-state index in [-0.39, 0.29) is 23.6 Å². The molecule has 1 amide bonds. The molecule has 0 saturated carbocycles. The molecule has 31 heavy (non-hydrogen) atoms. The van der Waals surface area contributed by atoms with Gasteiger partial charge < -0.3 is 15.2 Å². The number of hydrogen-bond acceptors (Lipinski definition) is 3. The van der Waals surface area contributed by atoms with Crippen molar-refractivity contribution in [2.45, 2.75) is 38.1 Å². The molecular weight excluding hydrogens is 388 g/mol. The average molecular weight is 419 g/mol. The van der Waals surface area contributed by atoms with Crippen LogP contribution in [0.15, 0.2) is 53.3 Å². The summed E-state index contributed by atoms with van der Waals surface area (Å²) in [5.41, 5.74) is 4.60. The molecule has 0 radical (unpaired) electrons. The monoisotopic (exact) mass is 418 g/mol. The molecule has 3 aromatic rings. The molecule has 0 bridgehead atoms. The number of carbonyl (C=O) groups is 1. The van der Waals surface area contributed by atoms with Crippen LogP contribution < -0.4 is 11.0 Å². The van der Waals surface area contributed by atoms with Crippen molar-refractivity contribution in [2.75, 3.05) is 26.2 Å². The van der Waals surface area contributed by atoms with Crippen LogP contribution in [0.25, 0.3) is 11.0 Å². The summed E-state index contributed by atoms with van der Waals surface area (Å²) < 4.78 is 1.93. The lowest BCUT2D eigenvalue weighted by Crippen LogP contribution is -2.42. The zero-order chi connectivity index (χ0) is 21.2. The molecule has 6 nitrogen and oxygen atoms in total. The summed E-state index contributed by atoms with van der Waals surface area (Å²) in [6.07, 6.45) is 4.69. The predicted octanol–water partition coefficient (Wildman–Crippen LogP) is 2.89. The van der Waals surface area contributed by atoms with E-state index in [9.17, 15) is 9.59 Å². The summed E-state index contributed by atoms with van der Waals surface area (Å²) in [5, 5.41) is 3.16. The fourth-order valence-electron chi connectivity index (χ4n) is 5.24. The zero-order valence-corrected chi connectivity index (χ0v) is 17.8. The van der Waals surface area contributed by atoms with Crippen LogP contribution in [0.2, 0.25) is 0 Å². The topological polar surface area (TPSA) is 70.1 Å². The second kappa shape index (κ2) is 8.71. The van der Waals surface area contributed by atoms with E-state index < -0.39 is 0 Å². The number of nitrogens with zero attached hydrogens (tertiary/aromatic N) is 2. The Hall–Kier alpha value is -2.86. The van der Waals surface area contributed by atoms with Gasteiger partial charge in [-0.1, -0.05) is 36.4 Å². The van der Waals surface area contributed by atoms with E-state index in [0.717, 1.165) is 62.8 Å². The average Bonchev–Trinajstić information content (AvgIpc) is 3.15. The van der Waals surface area contributed by atoms with Gasteiger partial charge >= 0.3 is 5.69 Å². The van der Waals surface area contributed by atoms with E-state index in [1.54, 1.807) is 0 Å². The number of hydrogen-bond donors (Lipinski definition) is 2. The number of carbonyl (C=O) groups excluding carboxylic acids is 1. The highest BCUT2D eigenvalue weighted by Crippen LogP contribution is 2.26. The van der Waals surface area contributed by atoms with Crippen molar-refractivity contribution >= 4 is 16.9 Å². The molecule has 2 aromatic carbocycles.